The van der Waals surface area contributed by atoms with Crippen molar-refractivity contribution >= 4 is 11.8 Å². The van der Waals surface area contributed by atoms with E-state index in [1.807, 2.05) is 26.1 Å². The number of hydrogen-bond acceptors (Lipinski definition) is 2. The average molecular weight is 222 g/mol. The zero-order chi connectivity index (χ0) is 12.1. The molecule has 0 heterocycles. The first-order valence-electron chi connectivity index (χ1n) is 4.59. The van der Waals surface area contributed by atoms with Gasteiger partial charge in [-0.2, -0.15) is 8.78 Å². The largest absolute Gasteiger partial charge is 0.351 e. The molecule has 0 unspecified atom stereocenters. The van der Waals surface area contributed by atoms with Gasteiger partial charge in [-0.05, 0) is 20.8 Å². The van der Waals surface area contributed by atoms with Gasteiger partial charge in [-0.1, -0.05) is 0 Å². The van der Waals surface area contributed by atoms with Gasteiger partial charge in [0.25, 0.3) is 5.91 Å². The van der Waals surface area contributed by atoms with E-state index in [1.54, 1.807) is 0 Å². The smallest absolute Gasteiger partial charge is 0.315 e. The summed E-state index contributed by atoms with van der Waals surface area (Å²) in [6.07, 6.45) is -3.04. The number of carbonyl (C=O) groups is 2. The van der Waals surface area contributed by atoms with Crippen molar-refractivity contribution in [3.8, 4) is 0 Å². The van der Waals surface area contributed by atoms with Crippen LogP contribution >= 0.6 is 0 Å². The third kappa shape index (κ3) is 7.84. The van der Waals surface area contributed by atoms with Gasteiger partial charge in [0.2, 0.25) is 5.91 Å². The number of alkyl halides is 2. The molecule has 2 amide bonds. The summed E-state index contributed by atoms with van der Waals surface area (Å²) in [7, 11) is 0. The summed E-state index contributed by atoms with van der Waals surface area (Å²) < 4.78 is 23.4. The monoisotopic (exact) mass is 222 g/mol. The van der Waals surface area contributed by atoms with Crippen LogP contribution in [0.3, 0.4) is 0 Å². The van der Waals surface area contributed by atoms with Crippen LogP contribution in [0.25, 0.3) is 0 Å². The van der Waals surface area contributed by atoms with Crippen LogP contribution in [-0.2, 0) is 9.59 Å². The number of carbonyl (C=O) groups excluding carboxylic acids is 2. The molecule has 0 atom stereocenters. The lowest BCUT2D eigenvalue weighted by Crippen LogP contribution is -2.42. The fourth-order valence-corrected chi connectivity index (χ4v) is 0.857. The van der Waals surface area contributed by atoms with Crippen molar-refractivity contribution in [3.05, 3.63) is 0 Å². The molecule has 0 saturated carbocycles. The van der Waals surface area contributed by atoms with E-state index >= 15 is 0 Å². The molecule has 88 valence electrons. The lowest BCUT2D eigenvalue weighted by atomic mass is 10.1. The molecule has 0 aliphatic rings. The molecule has 0 radical (unpaired) electrons. The number of halogens is 2. The van der Waals surface area contributed by atoms with Crippen LogP contribution in [0, 0.1) is 0 Å². The van der Waals surface area contributed by atoms with Crippen molar-refractivity contribution in [2.45, 2.75) is 39.2 Å². The highest BCUT2D eigenvalue weighted by atomic mass is 19.3. The van der Waals surface area contributed by atoms with E-state index in [1.165, 1.54) is 0 Å². The Balaban J connectivity index is 3.70. The first kappa shape index (κ1) is 13.8. The van der Waals surface area contributed by atoms with E-state index in [9.17, 15) is 18.4 Å². The van der Waals surface area contributed by atoms with Crippen LogP contribution in [0.5, 0.6) is 0 Å². The van der Waals surface area contributed by atoms with Crippen molar-refractivity contribution in [1.29, 1.82) is 0 Å². The number of hydrogen-bond donors (Lipinski definition) is 2. The fourth-order valence-electron chi connectivity index (χ4n) is 0.857. The zero-order valence-corrected chi connectivity index (χ0v) is 9.06. The Morgan fingerprint density at radius 3 is 2.20 bits per heavy atom. The van der Waals surface area contributed by atoms with Crippen molar-refractivity contribution in [2.24, 2.45) is 0 Å². The van der Waals surface area contributed by atoms with Gasteiger partial charge in [0.15, 0.2) is 0 Å². The van der Waals surface area contributed by atoms with Crippen LogP contribution in [0.4, 0.5) is 8.78 Å². The van der Waals surface area contributed by atoms with Gasteiger partial charge in [-0.3, -0.25) is 9.59 Å². The molecule has 0 rings (SSSR count). The quantitative estimate of drug-likeness (QED) is 0.734. The minimum Gasteiger partial charge on any atom is -0.351 e. The second-order valence-corrected chi connectivity index (χ2v) is 4.14. The van der Waals surface area contributed by atoms with Crippen molar-refractivity contribution < 1.29 is 18.4 Å². The molecular weight excluding hydrogens is 206 g/mol. The Morgan fingerprint density at radius 2 is 1.80 bits per heavy atom. The van der Waals surface area contributed by atoms with Gasteiger partial charge < -0.3 is 10.6 Å². The molecule has 0 spiro atoms. The Hall–Kier alpha value is -1.20. The molecule has 0 bridgehead atoms. The summed E-state index contributed by atoms with van der Waals surface area (Å²) in [6.45, 7) is 5.35. The molecule has 4 nitrogen and oxygen atoms in total. The van der Waals surface area contributed by atoms with E-state index in [0.29, 0.717) is 0 Å². The molecule has 15 heavy (non-hydrogen) atoms. The molecule has 0 saturated heterocycles. The summed E-state index contributed by atoms with van der Waals surface area (Å²) in [5, 5.41) is 4.59. The lowest BCUT2D eigenvalue weighted by Gasteiger charge is -2.20. The SMILES string of the molecule is CC(C)(C)NC(=O)CCNC(=O)C(F)F. The van der Waals surface area contributed by atoms with Gasteiger partial charge in [0, 0.05) is 18.5 Å². The second-order valence-electron chi connectivity index (χ2n) is 4.14. The van der Waals surface area contributed by atoms with Crippen LogP contribution in [-0.4, -0.2) is 30.3 Å². The summed E-state index contributed by atoms with van der Waals surface area (Å²) in [5.41, 5.74) is -0.357. The Kier molecular flexibility index (Phi) is 5.18. The molecule has 0 aliphatic heterocycles. The molecule has 0 fully saturated rings. The summed E-state index contributed by atoms with van der Waals surface area (Å²) in [4.78, 5) is 21.6. The zero-order valence-electron chi connectivity index (χ0n) is 9.06. The molecule has 0 aliphatic carbocycles. The van der Waals surface area contributed by atoms with Crippen molar-refractivity contribution in [3.63, 3.8) is 0 Å². The highest BCUT2D eigenvalue weighted by molar-refractivity contribution is 5.80. The van der Waals surface area contributed by atoms with Crippen molar-refractivity contribution in [2.75, 3.05) is 6.54 Å². The van der Waals surface area contributed by atoms with Gasteiger partial charge in [0.1, 0.15) is 0 Å². The third-order valence-corrected chi connectivity index (χ3v) is 1.36. The fraction of sp³-hybridized carbons (Fsp3) is 0.778. The highest BCUT2D eigenvalue weighted by Crippen LogP contribution is 1.98. The van der Waals surface area contributed by atoms with Gasteiger partial charge in [-0.25, -0.2) is 0 Å². The maximum absolute atomic E-state index is 11.7. The maximum atomic E-state index is 11.7. The molecule has 6 heteroatoms. The van der Waals surface area contributed by atoms with E-state index < -0.39 is 12.3 Å². The molecule has 0 aromatic carbocycles. The van der Waals surface area contributed by atoms with E-state index in [-0.39, 0.29) is 24.4 Å². The maximum Gasteiger partial charge on any atom is 0.315 e. The second kappa shape index (κ2) is 5.63. The standard InChI is InChI=1S/C9H16F2N2O2/c1-9(2,3)13-6(14)4-5-12-8(15)7(10)11/h7H,4-5H2,1-3H3,(H,12,15)(H,13,14). The topological polar surface area (TPSA) is 58.2 Å². The molecule has 0 aromatic rings. The van der Waals surface area contributed by atoms with Crippen LogP contribution in [0.2, 0.25) is 0 Å². The van der Waals surface area contributed by atoms with Crippen LogP contribution < -0.4 is 10.6 Å². The minimum atomic E-state index is -3.03. The van der Waals surface area contributed by atoms with Crippen LogP contribution in [0.15, 0.2) is 0 Å². The average Bonchev–Trinajstić information content (AvgIpc) is 2.00. The van der Waals surface area contributed by atoms with Crippen LogP contribution in [0.1, 0.15) is 27.2 Å². The Labute approximate surface area is 87.4 Å². The normalized spacial score (nSPS) is 11.3. The van der Waals surface area contributed by atoms with E-state index in [4.69, 9.17) is 0 Å². The Morgan fingerprint density at radius 1 is 1.27 bits per heavy atom. The summed E-state index contributed by atoms with van der Waals surface area (Å²) in [6, 6.07) is 0. The molecule has 0 aromatic heterocycles. The lowest BCUT2D eigenvalue weighted by molar-refractivity contribution is -0.131. The minimum absolute atomic E-state index is 0.00424. The van der Waals surface area contributed by atoms with E-state index in [2.05, 4.69) is 5.32 Å². The van der Waals surface area contributed by atoms with Gasteiger partial charge in [-0.15, -0.1) is 0 Å². The molecular formula is C9H16F2N2O2. The number of rotatable bonds is 4. The highest BCUT2D eigenvalue weighted by Gasteiger charge is 2.16. The Bertz CT molecular complexity index is 237. The number of nitrogens with one attached hydrogen (secondary N) is 2. The summed E-state index contributed by atoms with van der Waals surface area (Å²) in [5.74, 6) is -1.63. The third-order valence-electron chi connectivity index (χ3n) is 1.36. The van der Waals surface area contributed by atoms with E-state index in [0.717, 1.165) is 0 Å². The first-order chi connectivity index (χ1) is 6.72. The number of amides is 2. The summed E-state index contributed by atoms with van der Waals surface area (Å²) >= 11 is 0. The first-order valence-corrected chi connectivity index (χ1v) is 4.59. The van der Waals surface area contributed by atoms with Gasteiger partial charge >= 0.3 is 6.43 Å². The predicted molar refractivity (Wildman–Crippen MR) is 51.5 cm³/mol. The predicted octanol–water partition coefficient (Wildman–Crippen LogP) is 0.672. The van der Waals surface area contributed by atoms with Gasteiger partial charge in [0.05, 0.1) is 0 Å². The van der Waals surface area contributed by atoms with Crippen molar-refractivity contribution in [1.82, 2.24) is 10.6 Å². The molecule has 2 N–H and O–H groups in total.